The first-order valence-electron chi connectivity index (χ1n) is 5.52. The highest BCUT2D eigenvalue weighted by Gasteiger charge is 2.17. The van der Waals surface area contributed by atoms with Crippen LogP contribution in [0.25, 0.3) is 11.0 Å². The first-order valence-corrected chi connectivity index (χ1v) is 5.89. The molecule has 0 saturated heterocycles. The summed E-state index contributed by atoms with van der Waals surface area (Å²) in [6.07, 6.45) is 0. The lowest BCUT2D eigenvalue weighted by Crippen LogP contribution is -2.06. The number of rotatable bonds is 4. The molecule has 1 aromatic carbocycles. The number of hydrogen-bond acceptors (Lipinski definition) is 3. The van der Waals surface area contributed by atoms with Crippen molar-refractivity contribution in [2.45, 2.75) is 20.1 Å². The van der Waals surface area contributed by atoms with Crippen LogP contribution in [-0.2, 0) is 17.9 Å². The second-order valence-electron chi connectivity index (χ2n) is 4.04. The molecule has 92 valence electrons. The molecule has 0 aliphatic carbocycles. The van der Waals surface area contributed by atoms with E-state index in [0.717, 1.165) is 27.9 Å². The molecule has 3 nitrogen and oxygen atoms in total. The highest BCUT2D eigenvalue weighted by atomic mass is 35.5. The molecule has 1 heterocycles. The smallest absolute Gasteiger partial charge is 0.153 e. The Bertz CT molecular complexity index is 534. The lowest BCUT2D eigenvalue weighted by molar-refractivity contribution is 0.183. The van der Waals surface area contributed by atoms with E-state index in [-0.39, 0.29) is 0 Å². The number of benzene rings is 1. The molecule has 1 aromatic heterocycles. The Hall–Kier alpha value is -1.03. The van der Waals surface area contributed by atoms with Gasteiger partial charge in [-0.25, -0.2) is 0 Å². The van der Waals surface area contributed by atoms with Gasteiger partial charge in [-0.15, -0.1) is 0 Å². The molecule has 2 rings (SSSR count). The number of furan rings is 1. The minimum Gasteiger partial charge on any atom is -0.458 e. The van der Waals surface area contributed by atoms with Gasteiger partial charge in [0.2, 0.25) is 0 Å². The summed E-state index contributed by atoms with van der Waals surface area (Å²) in [6, 6.07) is 3.87. The molecule has 0 amide bonds. The van der Waals surface area contributed by atoms with Crippen molar-refractivity contribution in [3.63, 3.8) is 0 Å². The van der Waals surface area contributed by atoms with Crippen LogP contribution < -0.4 is 5.32 Å². The molecule has 0 fully saturated rings. The van der Waals surface area contributed by atoms with Gasteiger partial charge in [-0.05, 0) is 25.6 Å². The van der Waals surface area contributed by atoms with Crippen molar-refractivity contribution in [2.75, 3.05) is 14.2 Å². The minimum atomic E-state index is 0.533. The van der Waals surface area contributed by atoms with Gasteiger partial charge in [-0.2, -0.15) is 0 Å². The van der Waals surface area contributed by atoms with Crippen LogP contribution in [-0.4, -0.2) is 14.2 Å². The summed E-state index contributed by atoms with van der Waals surface area (Å²) >= 11 is 6.16. The summed E-state index contributed by atoms with van der Waals surface area (Å²) in [7, 11) is 3.57. The van der Waals surface area contributed by atoms with Crippen LogP contribution in [0.3, 0.4) is 0 Å². The number of hydrogen-bond donors (Lipinski definition) is 1. The van der Waals surface area contributed by atoms with Crippen molar-refractivity contribution in [1.82, 2.24) is 5.32 Å². The molecule has 0 saturated carbocycles. The lowest BCUT2D eigenvalue weighted by Gasteiger charge is -2.02. The predicted octanol–water partition coefficient (Wildman–Crippen LogP) is 3.26. The molecule has 0 aliphatic heterocycles. The van der Waals surface area contributed by atoms with Gasteiger partial charge in [-0.3, -0.25) is 0 Å². The van der Waals surface area contributed by atoms with Crippen LogP contribution in [0, 0.1) is 6.92 Å². The van der Waals surface area contributed by atoms with Crippen LogP contribution >= 0.6 is 11.6 Å². The van der Waals surface area contributed by atoms with E-state index in [4.69, 9.17) is 20.8 Å². The molecule has 2 aromatic rings. The normalized spacial score (nSPS) is 11.3. The SMILES string of the molecule is CNCc1oc2c(Cl)ccc(C)c2c1COC. The number of aryl methyl sites for hydroxylation is 1. The first-order chi connectivity index (χ1) is 8.19. The maximum absolute atomic E-state index is 6.16. The topological polar surface area (TPSA) is 34.4 Å². The minimum absolute atomic E-state index is 0.533. The fourth-order valence-electron chi connectivity index (χ4n) is 2.06. The van der Waals surface area contributed by atoms with Crippen LogP contribution in [0.4, 0.5) is 0 Å². The van der Waals surface area contributed by atoms with Crippen LogP contribution in [0.5, 0.6) is 0 Å². The van der Waals surface area contributed by atoms with Crippen molar-refractivity contribution in [3.05, 3.63) is 34.0 Å². The van der Waals surface area contributed by atoms with Crippen molar-refractivity contribution < 1.29 is 9.15 Å². The highest BCUT2D eigenvalue weighted by molar-refractivity contribution is 6.35. The molecule has 0 spiro atoms. The summed E-state index contributed by atoms with van der Waals surface area (Å²) in [4.78, 5) is 0. The Morgan fingerprint density at radius 3 is 2.82 bits per heavy atom. The average molecular weight is 254 g/mol. The molecule has 0 bridgehead atoms. The number of nitrogens with one attached hydrogen (secondary N) is 1. The van der Waals surface area contributed by atoms with Crippen LogP contribution in [0.1, 0.15) is 16.9 Å². The fraction of sp³-hybridized carbons (Fsp3) is 0.385. The average Bonchev–Trinajstić information content (AvgIpc) is 2.66. The third kappa shape index (κ3) is 2.18. The predicted molar refractivity (Wildman–Crippen MR) is 69.4 cm³/mol. The Kier molecular flexibility index (Phi) is 3.72. The quantitative estimate of drug-likeness (QED) is 0.908. The van der Waals surface area contributed by atoms with Gasteiger partial charge in [0.25, 0.3) is 0 Å². The molecule has 0 atom stereocenters. The first kappa shape index (κ1) is 12.4. The van der Waals surface area contributed by atoms with E-state index in [1.807, 2.05) is 19.2 Å². The zero-order valence-corrected chi connectivity index (χ0v) is 11.0. The van der Waals surface area contributed by atoms with Crippen LogP contribution in [0.2, 0.25) is 5.02 Å². The van der Waals surface area contributed by atoms with E-state index in [0.29, 0.717) is 18.2 Å². The van der Waals surface area contributed by atoms with Gasteiger partial charge in [0.1, 0.15) is 5.76 Å². The Morgan fingerprint density at radius 2 is 2.18 bits per heavy atom. The van der Waals surface area contributed by atoms with E-state index >= 15 is 0 Å². The van der Waals surface area contributed by atoms with Gasteiger partial charge in [0.15, 0.2) is 5.58 Å². The summed E-state index contributed by atoms with van der Waals surface area (Å²) in [5.41, 5.74) is 2.99. The van der Waals surface area contributed by atoms with Gasteiger partial charge in [0, 0.05) is 18.1 Å². The van der Waals surface area contributed by atoms with Gasteiger partial charge >= 0.3 is 0 Å². The number of methoxy groups -OCH3 is 1. The Morgan fingerprint density at radius 1 is 1.41 bits per heavy atom. The Labute approximate surface area is 106 Å². The standard InChI is InChI=1S/C13H16ClNO2/c1-8-4-5-10(14)13-12(8)9(7-16-3)11(17-13)6-15-2/h4-5,15H,6-7H2,1-3H3. The van der Waals surface area contributed by atoms with E-state index < -0.39 is 0 Å². The zero-order valence-electron chi connectivity index (χ0n) is 10.3. The van der Waals surface area contributed by atoms with E-state index in [9.17, 15) is 0 Å². The molecule has 1 N–H and O–H groups in total. The van der Waals surface area contributed by atoms with Gasteiger partial charge < -0.3 is 14.5 Å². The van der Waals surface area contributed by atoms with E-state index in [2.05, 4.69) is 12.2 Å². The monoisotopic (exact) mass is 253 g/mol. The van der Waals surface area contributed by atoms with Crippen molar-refractivity contribution >= 4 is 22.6 Å². The van der Waals surface area contributed by atoms with E-state index in [1.165, 1.54) is 0 Å². The van der Waals surface area contributed by atoms with Gasteiger partial charge in [0.05, 0.1) is 18.2 Å². The number of fused-ring (bicyclic) bond motifs is 1. The fourth-order valence-corrected chi connectivity index (χ4v) is 2.25. The molecular weight excluding hydrogens is 238 g/mol. The molecule has 17 heavy (non-hydrogen) atoms. The van der Waals surface area contributed by atoms with E-state index in [1.54, 1.807) is 7.11 Å². The maximum Gasteiger partial charge on any atom is 0.153 e. The highest BCUT2D eigenvalue weighted by Crippen LogP contribution is 2.34. The molecule has 0 aliphatic rings. The molecule has 0 radical (unpaired) electrons. The van der Waals surface area contributed by atoms with Gasteiger partial charge in [-0.1, -0.05) is 17.7 Å². The summed E-state index contributed by atoms with van der Waals surface area (Å²) in [6.45, 7) is 3.25. The van der Waals surface area contributed by atoms with Crippen molar-refractivity contribution in [1.29, 1.82) is 0 Å². The van der Waals surface area contributed by atoms with Crippen molar-refractivity contribution in [3.8, 4) is 0 Å². The summed E-state index contributed by atoms with van der Waals surface area (Å²) in [5, 5.41) is 4.81. The third-order valence-corrected chi connectivity index (χ3v) is 3.11. The summed E-state index contributed by atoms with van der Waals surface area (Å²) < 4.78 is 11.1. The largest absolute Gasteiger partial charge is 0.458 e. The lowest BCUT2D eigenvalue weighted by atomic mass is 10.1. The molecule has 4 heteroatoms. The molecular formula is C13H16ClNO2. The maximum atomic E-state index is 6.16. The zero-order chi connectivity index (χ0) is 12.4. The summed E-state index contributed by atoms with van der Waals surface area (Å²) in [5.74, 6) is 0.889. The Balaban J connectivity index is 2.70. The number of halogens is 1. The van der Waals surface area contributed by atoms with Crippen molar-refractivity contribution in [2.24, 2.45) is 0 Å². The second kappa shape index (κ2) is 5.08. The number of ether oxygens (including phenoxy) is 1. The molecule has 0 unspecified atom stereocenters. The van der Waals surface area contributed by atoms with Crippen LogP contribution in [0.15, 0.2) is 16.5 Å². The third-order valence-electron chi connectivity index (χ3n) is 2.81. The second-order valence-corrected chi connectivity index (χ2v) is 4.44.